The topological polar surface area (TPSA) is 313 Å². The van der Waals surface area contributed by atoms with Crippen LogP contribution in [0, 0.1) is 0 Å². The van der Waals surface area contributed by atoms with E-state index in [1.54, 1.807) is 0 Å². The fourth-order valence-electron chi connectivity index (χ4n) is 4.23. The summed E-state index contributed by atoms with van der Waals surface area (Å²) in [6.45, 7) is -2.49. The normalized spacial score (nSPS) is 32.5. The summed E-state index contributed by atoms with van der Waals surface area (Å²) in [5.41, 5.74) is -1.70. The maximum Gasteiger partial charge on any atom is 0.485 e. The maximum atomic E-state index is 13.5. The second-order valence-electron chi connectivity index (χ2n) is 9.74. The summed E-state index contributed by atoms with van der Waals surface area (Å²) >= 11 is 0. The Labute approximate surface area is 259 Å². The predicted octanol–water partition coefficient (Wildman–Crippen LogP) is -3.96. The number of ether oxygens (including phenoxy) is 3. The van der Waals surface area contributed by atoms with Crippen LogP contribution in [0.4, 0.5) is 0 Å². The summed E-state index contributed by atoms with van der Waals surface area (Å²) in [6, 6.07) is -0.733. The van der Waals surface area contributed by atoms with E-state index in [0.29, 0.717) is 0 Å². The van der Waals surface area contributed by atoms with Gasteiger partial charge in [-0.15, -0.1) is 0 Å². The molecule has 1 aromatic rings. The van der Waals surface area contributed by atoms with Crippen molar-refractivity contribution in [3.05, 3.63) is 33.1 Å². The molecule has 0 bridgehead atoms. The molecular formula is C22H37N3O19P2. The van der Waals surface area contributed by atoms with Crippen LogP contribution in [0.3, 0.4) is 0 Å². The van der Waals surface area contributed by atoms with Crippen molar-refractivity contribution in [2.45, 2.75) is 61.6 Å². The average molecular weight is 709 g/mol. The van der Waals surface area contributed by atoms with E-state index in [1.807, 2.05) is 4.98 Å². The lowest BCUT2D eigenvalue weighted by atomic mass is 9.97. The molecule has 2 saturated heterocycles. The Morgan fingerprint density at radius 1 is 1.00 bits per heavy atom. The van der Waals surface area contributed by atoms with Gasteiger partial charge in [0.15, 0.2) is 12.5 Å². The SMILES string of the molecule is COP(=O)(OCC1OC(n2ccc(=O)[nH]c2=O)C(O)C1O)OP(=O)(OC)O[C@H]1OC(CO)[C@@H](O)[C@H](O)C1NC(=O)COCCCO. The van der Waals surface area contributed by atoms with Gasteiger partial charge in [-0.2, -0.15) is 4.31 Å². The number of amides is 1. The number of aromatic nitrogens is 2. The number of hydrogen-bond acceptors (Lipinski definition) is 19. The monoisotopic (exact) mass is 709 g/mol. The van der Waals surface area contributed by atoms with Gasteiger partial charge in [0, 0.05) is 39.7 Å². The number of nitrogens with zero attached hydrogens (tertiary/aromatic N) is 1. The summed E-state index contributed by atoms with van der Waals surface area (Å²) in [5, 5.41) is 62.4. The average Bonchev–Trinajstić information content (AvgIpc) is 3.30. The highest BCUT2D eigenvalue weighted by Gasteiger charge is 2.51. The number of H-pyrrole nitrogens is 1. The van der Waals surface area contributed by atoms with Crippen LogP contribution >= 0.6 is 15.6 Å². The molecule has 8 unspecified atom stereocenters. The fraction of sp³-hybridized carbons (Fsp3) is 0.773. The summed E-state index contributed by atoms with van der Waals surface area (Å²) in [7, 11) is -8.50. The molecule has 0 radical (unpaired) electrons. The lowest BCUT2D eigenvalue weighted by Gasteiger charge is -2.42. The number of phosphoric acid groups is 2. The van der Waals surface area contributed by atoms with E-state index in [-0.39, 0.29) is 19.6 Å². The number of phosphoric ester groups is 2. The number of aliphatic hydroxyl groups excluding tert-OH is 6. The number of aliphatic hydroxyl groups is 6. The lowest BCUT2D eigenvalue weighted by molar-refractivity contribution is -0.248. The van der Waals surface area contributed by atoms with Crippen molar-refractivity contribution in [2.75, 3.05) is 47.3 Å². The molecule has 264 valence electrons. The van der Waals surface area contributed by atoms with Gasteiger partial charge in [-0.25, -0.2) is 13.9 Å². The van der Waals surface area contributed by atoms with Gasteiger partial charge in [0.1, 0.15) is 49.3 Å². The van der Waals surface area contributed by atoms with Crippen molar-refractivity contribution in [1.29, 1.82) is 0 Å². The minimum atomic E-state index is -5.12. The van der Waals surface area contributed by atoms with Crippen LogP contribution in [0.25, 0.3) is 0 Å². The highest BCUT2D eigenvalue weighted by atomic mass is 31.3. The molecule has 22 nitrogen and oxygen atoms in total. The molecule has 24 heteroatoms. The van der Waals surface area contributed by atoms with Crippen molar-refractivity contribution in [3.8, 4) is 0 Å². The lowest BCUT2D eigenvalue weighted by Crippen LogP contribution is -2.64. The van der Waals surface area contributed by atoms with E-state index in [0.717, 1.165) is 31.0 Å². The summed E-state index contributed by atoms with van der Waals surface area (Å²) in [4.78, 5) is 37.8. The third kappa shape index (κ3) is 9.57. The second-order valence-corrected chi connectivity index (χ2v) is 13.4. The van der Waals surface area contributed by atoms with Gasteiger partial charge >= 0.3 is 21.3 Å². The summed E-state index contributed by atoms with van der Waals surface area (Å²) in [5.74, 6) is -0.868. The fourth-order valence-corrected chi connectivity index (χ4v) is 7.04. The molecular weight excluding hydrogens is 672 g/mol. The van der Waals surface area contributed by atoms with Crippen molar-refractivity contribution < 1.29 is 81.2 Å². The van der Waals surface area contributed by atoms with Crippen LogP contribution in [0.15, 0.2) is 21.9 Å². The molecule has 8 N–H and O–H groups in total. The summed E-state index contributed by atoms with van der Waals surface area (Å²) < 4.78 is 68.2. The number of nitrogens with one attached hydrogen (secondary N) is 2. The van der Waals surface area contributed by atoms with Gasteiger partial charge in [-0.1, -0.05) is 0 Å². The van der Waals surface area contributed by atoms with Crippen molar-refractivity contribution >= 4 is 21.6 Å². The molecule has 0 saturated carbocycles. The number of hydrogen-bond donors (Lipinski definition) is 8. The van der Waals surface area contributed by atoms with Crippen molar-refractivity contribution in [1.82, 2.24) is 14.9 Å². The van der Waals surface area contributed by atoms with E-state index < -0.39 is 108 Å². The first-order valence-electron chi connectivity index (χ1n) is 13.5. The van der Waals surface area contributed by atoms with Gasteiger partial charge in [-0.05, 0) is 6.42 Å². The molecule has 3 rings (SSSR count). The van der Waals surface area contributed by atoms with E-state index in [9.17, 15) is 49.0 Å². The molecule has 2 aliphatic rings. The molecule has 1 aromatic heterocycles. The second kappa shape index (κ2) is 16.9. The van der Waals surface area contributed by atoms with Crippen LogP contribution in [0.5, 0.6) is 0 Å². The van der Waals surface area contributed by atoms with Crippen LogP contribution in [0.1, 0.15) is 12.6 Å². The molecule has 2 aliphatic heterocycles. The Morgan fingerprint density at radius 2 is 1.67 bits per heavy atom. The third-order valence-corrected chi connectivity index (χ3v) is 10.1. The number of rotatable bonds is 17. The molecule has 46 heavy (non-hydrogen) atoms. The number of carbonyl (C=O) groups excluding carboxylic acids is 1. The van der Waals surface area contributed by atoms with E-state index in [2.05, 4.69) is 5.32 Å². The highest BCUT2D eigenvalue weighted by molar-refractivity contribution is 7.62. The van der Waals surface area contributed by atoms with Gasteiger partial charge in [0.25, 0.3) is 5.56 Å². The minimum absolute atomic E-state index is 0.00991. The predicted molar refractivity (Wildman–Crippen MR) is 147 cm³/mol. The zero-order valence-electron chi connectivity index (χ0n) is 24.4. The smallest absolute Gasteiger partial charge is 0.396 e. The van der Waals surface area contributed by atoms with Crippen LogP contribution in [0.2, 0.25) is 0 Å². The molecule has 3 heterocycles. The quantitative estimate of drug-likeness (QED) is 0.0565. The van der Waals surface area contributed by atoms with Crippen LogP contribution in [-0.2, 0) is 50.5 Å². The zero-order valence-corrected chi connectivity index (χ0v) is 26.2. The molecule has 2 fully saturated rings. The van der Waals surface area contributed by atoms with Crippen molar-refractivity contribution in [2.24, 2.45) is 0 Å². The molecule has 0 aliphatic carbocycles. The Morgan fingerprint density at radius 3 is 2.28 bits per heavy atom. The third-order valence-electron chi connectivity index (χ3n) is 6.63. The first kappa shape index (κ1) is 38.5. The standard InChI is InChI=1S/C22H37N3O19P2/c1-37-45(35,40-9-12-17(31)19(33)20(41-12)25-5-4-13(28)24-22(25)34)44-46(36,38-2)43-21-15(18(32)16(30)11(8-27)42-21)23-14(29)10-39-7-3-6-26/h4-5,11-12,15-21,26-27,30-33H,3,6-10H2,1-2H3,(H,23,29)(H,24,28,34)/t11?,12?,15?,16-,17?,18-,19?,20?,21-,45?,46?/m1/s1. The number of carbonyl (C=O) groups is 1. The molecule has 11 atom stereocenters. The van der Waals surface area contributed by atoms with Gasteiger partial charge in [0.2, 0.25) is 5.91 Å². The van der Waals surface area contributed by atoms with Crippen LogP contribution < -0.4 is 16.6 Å². The Kier molecular flexibility index (Phi) is 14.2. The van der Waals surface area contributed by atoms with Gasteiger partial charge < -0.3 is 50.2 Å². The molecule has 0 spiro atoms. The minimum Gasteiger partial charge on any atom is -0.396 e. The largest absolute Gasteiger partial charge is 0.485 e. The molecule has 0 aromatic carbocycles. The van der Waals surface area contributed by atoms with Crippen LogP contribution in [-0.4, -0.2) is 142 Å². The number of aromatic amines is 1. The molecule has 1 amide bonds. The first-order chi connectivity index (χ1) is 21.7. The Bertz CT molecular complexity index is 1360. The van der Waals surface area contributed by atoms with Gasteiger partial charge in [0.05, 0.1) is 13.2 Å². The first-order valence-corrected chi connectivity index (χ1v) is 16.4. The van der Waals surface area contributed by atoms with E-state index >= 15 is 0 Å². The Balaban J connectivity index is 1.72. The Hall–Kier alpha value is -1.95. The van der Waals surface area contributed by atoms with Crippen molar-refractivity contribution in [3.63, 3.8) is 0 Å². The summed E-state index contributed by atoms with van der Waals surface area (Å²) in [6.07, 6.45) is -12.4. The zero-order chi connectivity index (χ0) is 34.2. The highest BCUT2D eigenvalue weighted by Crippen LogP contribution is 2.66. The van der Waals surface area contributed by atoms with E-state index in [1.165, 1.54) is 0 Å². The maximum absolute atomic E-state index is 13.5. The van der Waals surface area contributed by atoms with Gasteiger partial charge in [-0.3, -0.25) is 37.2 Å². The van der Waals surface area contributed by atoms with E-state index in [4.69, 9.17) is 41.7 Å².